The number of sulfonamides is 1. The Hall–Kier alpha value is -1.06. The number of anilines is 1. The lowest BCUT2D eigenvalue weighted by Crippen LogP contribution is -2.40. The minimum atomic E-state index is -3.20. The van der Waals surface area contributed by atoms with E-state index in [-0.39, 0.29) is 12.3 Å². The molecule has 0 bridgehead atoms. The Morgan fingerprint density at radius 3 is 2.90 bits per heavy atom. The normalized spacial score (nSPS) is 16.9. The van der Waals surface area contributed by atoms with Crippen LogP contribution in [-0.4, -0.2) is 66.7 Å². The van der Waals surface area contributed by atoms with Gasteiger partial charge in [-0.15, -0.1) is 0 Å². The molecular weight excluding hydrogens is 300 g/mol. The van der Waals surface area contributed by atoms with E-state index >= 15 is 0 Å². The van der Waals surface area contributed by atoms with Gasteiger partial charge in [0.1, 0.15) is 0 Å². The summed E-state index contributed by atoms with van der Waals surface area (Å²) in [6.07, 6.45) is 1.56. The zero-order chi connectivity index (χ0) is 14.4. The fraction of sp³-hybridized carbons (Fsp3) is 0.636. The summed E-state index contributed by atoms with van der Waals surface area (Å²) in [5.41, 5.74) is 0. The zero-order valence-electron chi connectivity index (χ0n) is 11.3. The molecule has 7 nitrogen and oxygen atoms in total. The Bertz CT molecular complexity index is 532. The van der Waals surface area contributed by atoms with Crippen molar-refractivity contribution in [2.24, 2.45) is 0 Å². The number of aromatic nitrogens is 2. The second kappa shape index (κ2) is 7.09. The first-order valence-electron chi connectivity index (χ1n) is 6.28. The van der Waals surface area contributed by atoms with Crippen LogP contribution in [0.2, 0.25) is 0 Å². The van der Waals surface area contributed by atoms with Gasteiger partial charge >= 0.3 is 0 Å². The highest BCUT2D eigenvalue weighted by molar-refractivity contribution is 7.99. The summed E-state index contributed by atoms with van der Waals surface area (Å²) in [5.74, 6) is 2.59. The highest BCUT2D eigenvalue weighted by atomic mass is 32.2. The molecule has 0 atom stereocenters. The first-order valence-corrected chi connectivity index (χ1v) is 9.05. The molecule has 1 aromatic heterocycles. The van der Waals surface area contributed by atoms with Gasteiger partial charge in [-0.3, -0.25) is 0 Å². The van der Waals surface area contributed by atoms with Crippen molar-refractivity contribution >= 4 is 27.7 Å². The third kappa shape index (κ3) is 4.22. The first kappa shape index (κ1) is 15.3. The van der Waals surface area contributed by atoms with E-state index in [1.54, 1.807) is 28.3 Å². The second-order valence-corrected chi connectivity index (χ2v) is 7.49. The average molecular weight is 318 g/mol. The molecule has 0 amide bonds. The highest BCUT2D eigenvalue weighted by Crippen LogP contribution is 2.13. The van der Waals surface area contributed by atoms with Crippen molar-refractivity contribution < 1.29 is 13.2 Å². The van der Waals surface area contributed by atoms with Crippen molar-refractivity contribution in [1.29, 1.82) is 0 Å². The Kier molecular flexibility index (Phi) is 5.44. The predicted octanol–water partition coefficient (Wildman–Crippen LogP) is 0.276. The van der Waals surface area contributed by atoms with E-state index in [1.807, 2.05) is 0 Å². The van der Waals surface area contributed by atoms with Crippen molar-refractivity contribution in [1.82, 2.24) is 14.3 Å². The van der Waals surface area contributed by atoms with Gasteiger partial charge in [-0.1, -0.05) is 0 Å². The number of ether oxygens (including phenoxy) is 1. The van der Waals surface area contributed by atoms with Gasteiger partial charge in [0.05, 0.1) is 12.9 Å². The molecule has 20 heavy (non-hydrogen) atoms. The van der Waals surface area contributed by atoms with Gasteiger partial charge < -0.3 is 10.1 Å². The maximum absolute atomic E-state index is 12.1. The van der Waals surface area contributed by atoms with Gasteiger partial charge in [0.15, 0.2) is 0 Å². The van der Waals surface area contributed by atoms with Crippen LogP contribution >= 0.6 is 11.8 Å². The second-order valence-electron chi connectivity index (χ2n) is 4.18. The number of hydrogen-bond acceptors (Lipinski definition) is 7. The van der Waals surface area contributed by atoms with Crippen LogP contribution in [-0.2, 0) is 10.0 Å². The van der Waals surface area contributed by atoms with E-state index in [0.717, 1.165) is 11.5 Å². The average Bonchev–Trinajstić information content (AvgIpc) is 2.48. The monoisotopic (exact) mass is 318 g/mol. The molecule has 1 aromatic rings. The predicted molar refractivity (Wildman–Crippen MR) is 79.8 cm³/mol. The summed E-state index contributed by atoms with van der Waals surface area (Å²) in [4.78, 5) is 8.07. The van der Waals surface area contributed by atoms with E-state index < -0.39 is 10.0 Å². The third-order valence-corrected chi connectivity index (χ3v) is 5.66. The molecule has 2 rings (SSSR count). The van der Waals surface area contributed by atoms with Crippen molar-refractivity contribution in [2.75, 3.05) is 49.3 Å². The Labute approximate surface area is 123 Å². The molecule has 1 fully saturated rings. The van der Waals surface area contributed by atoms with Crippen LogP contribution in [0.3, 0.4) is 0 Å². The molecule has 1 aliphatic rings. The van der Waals surface area contributed by atoms with Crippen molar-refractivity contribution in [3.05, 3.63) is 12.3 Å². The summed E-state index contributed by atoms with van der Waals surface area (Å²) < 4.78 is 30.8. The Morgan fingerprint density at radius 1 is 1.45 bits per heavy atom. The lowest BCUT2D eigenvalue weighted by molar-refractivity contribution is 0.397. The van der Waals surface area contributed by atoms with Gasteiger partial charge in [-0.2, -0.15) is 16.7 Å². The van der Waals surface area contributed by atoms with Gasteiger partial charge in [0, 0.05) is 43.4 Å². The molecule has 2 heterocycles. The first-order chi connectivity index (χ1) is 9.62. The molecule has 9 heteroatoms. The number of methoxy groups -OCH3 is 1. The van der Waals surface area contributed by atoms with Gasteiger partial charge in [-0.25, -0.2) is 17.7 Å². The molecule has 112 valence electrons. The van der Waals surface area contributed by atoms with E-state index in [9.17, 15) is 8.42 Å². The molecule has 0 radical (unpaired) electrons. The van der Waals surface area contributed by atoms with Crippen LogP contribution in [0.15, 0.2) is 12.3 Å². The molecule has 1 saturated heterocycles. The van der Waals surface area contributed by atoms with Crippen LogP contribution in [0.5, 0.6) is 5.88 Å². The minimum absolute atomic E-state index is 0.0399. The Morgan fingerprint density at radius 2 is 2.20 bits per heavy atom. The van der Waals surface area contributed by atoms with E-state index in [0.29, 0.717) is 24.9 Å². The number of hydrogen-bond donors (Lipinski definition) is 1. The van der Waals surface area contributed by atoms with Crippen LogP contribution in [0.1, 0.15) is 0 Å². The van der Waals surface area contributed by atoms with Crippen LogP contribution < -0.4 is 10.1 Å². The zero-order valence-corrected chi connectivity index (χ0v) is 12.9. The quantitative estimate of drug-likeness (QED) is 0.806. The van der Waals surface area contributed by atoms with Crippen molar-refractivity contribution in [3.8, 4) is 5.88 Å². The van der Waals surface area contributed by atoms with Crippen LogP contribution in [0.4, 0.5) is 5.95 Å². The number of nitrogens with one attached hydrogen (secondary N) is 1. The standard InChI is InChI=1S/C11H18N4O3S2/c1-18-10-2-3-12-11(14-10)13-4-9-20(16,17)15-5-7-19-8-6-15/h2-3H,4-9H2,1H3,(H,12,13,14). The maximum Gasteiger partial charge on any atom is 0.225 e. The fourth-order valence-electron chi connectivity index (χ4n) is 1.79. The van der Waals surface area contributed by atoms with Gasteiger partial charge in [0.25, 0.3) is 0 Å². The maximum atomic E-state index is 12.1. The number of rotatable bonds is 6. The number of nitrogens with zero attached hydrogens (tertiary/aromatic N) is 3. The van der Waals surface area contributed by atoms with E-state index in [2.05, 4.69) is 15.3 Å². The number of thioether (sulfide) groups is 1. The van der Waals surface area contributed by atoms with Crippen molar-refractivity contribution in [3.63, 3.8) is 0 Å². The summed E-state index contributed by atoms with van der Waals surface area (Å²) >= 11 is 1.78. The molecule has 1 N–H and O–H groups in total. The molecule has 0 aromatic carbocycles. The van der Waals surface area contributed by atoms with E-state index in [1.165, 1.54) is 7.11 Å². The molecule has 1 aliphatic heterocycles. The molecular formula is C11H18N4O3S2. The molecule has 0 aliphatic carbocycles. The minimum Gasteiger partial charge on any atom is -0.481 e. The molecule has 0 spiro atoms. The molecule has 0 unspecified atom stereocenters. The summed E-state index contributed by atoms with van der Waals surface area (Å²) in [5, 5.41) is 2.90. The highest BCUT2D eigenvalue weighted by Gasteiger charge is 2.23. The largest absolute Gasteiger partial charge is 0.481 e. The van der Waals surface area contributed by atoms with E-state index in [4.69, 9.17) is 4.74 Å². The lowest BCUT2D eigenvalue weighted by Gasteiger charge is -2.25. The summed E-state index contributed by atoms with van der Waals surface area (Å²) in [7, 11) is -1.68. The third-order valence-electron chi connectivity index (χ3n) is 2.85. The molecule has 0 saturated carbocycles. The SMILES string of the molecule is COc1ccnc(NCCS(=O)(=O)N2CCSCC2)n1. The Balaban J connectivity index is 1.85. The van der Waals surface area contributed by atoms with Gasteiger partial charge in [0.2, 0.25) is 21.9 Å². The van der Waals surface area contributed by atoms with Crippen LogP contribution in [0, 0.1) is 0 Å². The summed E-state index contributed by atoms with van der Waals surface area (Å²) in [6.45, 7) is 1.48. The van der Waals surface area contributed by atoms with Crippen LogP contribution in [0.25, 0.3) is 0 Å². The fourth-order valence-corrected chi connectivity index (χ4v) is 4.28. The lowest BCUT2D eigenvalue weighted by atomic mass is 10.6. The van der Waals surface area contributed by atoms with Gasteiger partial charge in [-0.05, 0) is 0 Å². The topological polar surface area (TPSA) is 84.4 Å². The van der Waals surface area contributed by atoms with Crippen molar-refractivity contribution in [2.45, 2.75) is 0 Å². The smallest absolute Gasteiger partial charge is 0.225 e. The summed E-state index contributed by atoms with van der Waals surface area (Å²) in [6, 6.07) is 1.63.